The molecule has 68 valence electrons. The van der Waals surface area contributed by atoms with E-state index >= 15 is 0 Å². The molecule has 1 aliphatic rings. The van der Waals surface area contributed by atoms with Gasteiger partial charge in [-0.05, 0) is 11.1 Å². The summed E-state index contributed by atoms with van der Waals surface area (Å²) in [6.07, 6.45) is 0. The van der Waals surface area contributed by atoms with Crippen molar-refractivity contribution in [3.63, 3.8) is 0 Å². The van der Waals surface area contributed by atoms with Crippen LogP contribution in [0.15, 0.2) is 24.3 Å². The Bertz CT molecular complexity index is 200. The van der Waals surface area contributed by atoms with Gasteiger partial charge in [-0.25, -0.2) is 0 Å². The molecule has 1 aliphatic heterocycles. The first-order chi connectivity index (χ1) is 5.47. The van der Waals surface area contributed by atoms with E-state index in [4.69, 9.17) is 4.74 Å². The molecule has 0 spiro atoms. The summed E-state index contributed by atoms with van der Waals surface area (Å²) in [5.74, 6) is 0. The number of hydrogen-bond donors (Lipinski definition) is 0. The minimum atomic E-state index is 0. The molecule has 0 saturated carbocycles. The fourth-order valence-electron chi connectivity index (χ4n) is 1.11. The fourth-order valence-corrected chi connectivity index (χ4v) is 1.11. The molecule has 0 atom stereocenters. The molecule has 1 aromatic rings. The zero-order valence-corrected chi connectivity index (χ0v) is 9.87. The summed E-state index contributed by atoms with van der Waals surface area (Å²) < 4.78 is 5.21. The molecule has 0 aliphatic carbocycles. The molecule has 2 rings (SSSR count). The standard InChI is InChI=1S/C8H8O.C2H6.HI/c1-2-4-8-6-9-5-7(8)3-1;1-2;/h1-4H,5-6H2;1-2H3;1H. The van der Waals surface area contributed by atoms with E-state index in [9.17, 15) is 0 Å². The third-order valence-electron chi connectivity index (χ3n) is 1.63. The average Bonchev–Trinajstić information content (AvgIpc) is 2.55. The van der Waals surface area contributed by atoms with Gasteiger partial charge in [-0.3, -0.25) is 0 Å². The zero-order chi connectivity index (χ0) is 8.10. The molecule has 0 amide bonds. The summed E-state index contributed by atoms with van der Waals surface area (Å²) in [7, 11) is 0. The van der Waals surface area contributed by atoms with Gasteiger partial charge < -0.3 is 4.74 Å². The Kier molecular flexibility index (Phi) is 6.38. The number of ether oxygens (including phenoxy) is 1. The van der Waals surface area contributed by atoms with E-state index < -0.39 is 0 Å². The lowest BCUT2D eigenvalue weighted by molar-refractivity contribution is 0.134. The van der Waals surface area contributed by atoms with E-state index in [-0.39, 0.29) is 24.0 Å². The first-order valence-electron chi connectivity index (χ1n) is 4.11. The van der Waals surface area contributed by atoms with Gasteiger partial charge in [0.25, 0.3) is 0 Å². The van der Waals surface area contributed by atoms with Crippen LogP contribution in [0.5, 0.6) is 0 Å². The SMILES string of the molecule is CC.I.c1ccc2c(c1)COC2. The summed E-state index contributed by atoms with van der Waals surface area (Å²) in [6, 6.07) is 8.33. The summed E-state index contributed by atoms with van der Waals surface area (Å²) in [4.78, 5) is 0. The second-order valence-electron chi connectivity index (χ2n) is 2.26. The van der Waals surface area contributed by atoms with Gasteiger partial charge in [-0.15, -0.1) is 24.0 Å². The third-order valence-corrected chi connectivity index (χ3v) is 1.63. The predicted octanol–water partition coefficient (Wildman–Crippen LogP) is 3.36. The lowest BCUT2D eigenvalue weighted by Gasteiger charge is -1.90. The highest BCUT2D eigenvalue weighted by Gasteiger charge is 2.07. The van der Waals surface area contributed by atoms with Crippen molar-refractivity contribution in [2.45, 2.75) is 27.1 Å². The van der Waals surface area contributed by atoms with E-state index in [0.29, 0.717) is 0 Å². The molecule has 0 saturated heterocycles. The molecule has 2 heteroatoms. The molecular weight excluding hydrogens is 263 g/mol. The van der Waals surface area contributed by atoms with Crippen LogP contribution in [0.25, 0.3) is 0 Å². The largest absolute Gasteiger partial charge is 0.372 e. The highest BCUT2D eigenvalue weighted by molar-refractivity contribution is 14.0. The van der Waals surface area contributed by atoms with Crippen molar-refractivity contribution in [3.05, 3.63) is 35.4 Å². The fraction of sp³-hybridized carbons (Fsp3) is 0.400. The Labute approximate surface area is 91.1 Å². The van der Waals surface area contributed by atoms with Crippen molar-refractivity contribution in [1.29, 1.82) is 0 Å². The second kappa shape index (κ2) is 6.43. The minimum Gasteiger partial charge on any atom is -0.372 e. The van der Waals surface area contributed by atoms with Gasteiger partial charge in [-0.2, -0.15) is 0 Å². The number of rotatable bonds is 0. The van der Waals surface area contributed by atoms with Crippen molar-refractivity contribution < 1.29 is 4.74 Å². The molecule has 0 N–H and O–H groups in total. The molecule has 0 aromatic heterocycles. The molecule has 12 heavy (non-hydrogen) atoms. The number of hydrogen-bond acceptors (Lipinski definition) is 1. The van der Waals surface area contributed by atoms with Crippen LogP contribution in [-0.4, -0.2) is 0 Å². The van der Waals surface area contributed by atoms with Crippen molar-refractivity contribution >= 4 is 24.0 Å². The van der Waals surface area contributed by atoms with Crippen LogP contribution in [0.3, 0.4) is 0 Å². The van der Waals surface area contributed by atoms with Crippen LogP contribution < -0.4 is 0 Å². The molecule has 0 unspecified atom stereocenters. The first-order valence-corrected chi connectivity index (χ1v) is 4.11. The maximum absolute atomic E-state index is 5.21. The normalized spacial score (nSPS) is 12.2. The lowest BCUT2D eigenvalue weighted by atomic mass is 10.1. The van der Waals surface area contributed by atoms with Crippen LogP contribution >= 0.6 is 24.0 Å². The van der Waals surface area contributed by atoms with Crippen LogP contribution in [0, 0.1) is 0 Å². The molecule has 1 nitrogen and oxygen atoms in total. The minimum absolute atomic E-state index is 0. The van der Waals surface area contributed by atoms with Gasteiger partial charge in [0.1, 0.15) is 0 Å². The van der Waals surface area contributed by atoms with Crippen molar-refractivity contribution in [1.82, 2.24) is 0 Å². The van der Waals surface area contributed by atoms with Gasteiger partial charge in [0.05, 0.1) is 13.2 Å². The molecule has 0 fully saturated rings. The van der Waals surface area contributed by atoms with E-state index in [1.165, 1.54) is 11.1 Å². The van der Waals surface area contributed by atoms with E-state index in [1.807, 2.05) is 26.0 Å². The van der Waals surface area contributed by atoms with Gasteiger partial charge >= 0.3 is 0 Å². The summed E-state index contributed by atoms with van der Waals surface area (Å²) in [5.41, 5.74) is 2.69. The van der Waals surface area contributed by atoms with Gasteiger partial charge in [0.15, 0.2) is 0 Å². The number of halogens is 1. The van der Waals surface area contributed by atoms with Gasteiger partial charge in [0.2, 0.25) is 0 Å². The molecule has 1 heterocycles. The first kappa shape index (κ1) is 11.9. The Morgan fingerprint density at radius 3 is 1.83 bits per heavy atom. The maximum atomic E-state index is 5.21. The number of fused-ring (bicyclic) bond motifs is 1. The van der Waals surface area contributed by atoms with Crippen LogP contribution in [0.4, 0.5) is 0 Å². The van der Waals surface area contributed by atoms with Crippen LogP contribution in [0.2, 0.25) is 0 Å². The van der Waals surface area contributed by atoms with E-state index in [0.717, 1.165) is 13.2 Å². The molecular formula is C10H15IO. The zero-order valence-electron chi connectivity index (χ0n) is 7.54. The summed E-state index contributed by atoms with van der Waals surface area (Å²) in [6.45, 7) is 5.60. The Morgan fingerprint density at radius 2 is 1.42 bits per heavy atom. The van der Waals surface area contributed by atoms with Crippen molar-refractivity contribution in [3.8, 4) is 0 Å². The van der Waals surface area contributed by atoms with E-state index in [1.54, 1.807) is 0 Å². The van der Waals surface area contributed by atoms with Crippen LogP contribution in [0.1, 0.15) is 25.0 Å². The van der Waals surface area contributed by atoms with E-state index in [2.05, 4.69) is 12.1 Å². The Balaban J connectivity index is 0.000000378. The third kappa shape index (κ3) is 2.75. The summed E-state index contributed by atoms with van der Waals surface area (Å²) >= 11 is 0. The highest BCUT2D eigenvalue weighted by Crippen LogP contribution is 2.17. The van der Waals surface area contributed by atoms with Crippen molar-refractivity contribution in [2.24, 2.45) is 0 Å². The van der Waals surface area contributed by atoms with Gasteiger partial charge in [0, 0.05) is 0 Å². The average molecular weight is 278 g/mol. The molecule has 0 radical (unpaired) electrons. The second-order valence-corrected chi connectivity index (χ2v) is 2.26. The maximum Gasteiger partial charge on any atom is 0.0724 e. The summed E-state index contributed by atoms with van der Waals surface area (Å²) in [5, 5.41) is 0. The predicted molar refractivity (Wildman–Crippen MR) is 61.7 cm³/mol. The number of benzene rings is 1. The highest BCUT2D eigenvalue weighted by atomic mass is 127. The smallest absolute Gasteiger partial charge is 0.0724 e. The van der Waals surface area contributed by atoms with Gasteiger partial charge in [-0.1, -0.05) is 38.1 Å². The Hall–Kier alpha value is -0.0900. The van der Waals surface area contributed by atoms with Crippen molar-refractivity contribution in [2.75, 3.05) is 0 Å². The lowest BCUT2D eigenvalue weighted by Crippen LogP contribution is -1.77. The molecule has 1 aromatic carbocycles. The monoisotopic (exact) mass is 278 g/mol. The Morgan fingerprint density at radius 1 is 1.00 bits per heavy atom. The molecule has 0 bridgehead atoms. The van der Waals surface area contributed by atoms with Crippen LogP contribution in [-0.2, 0) is 18.0 Å². The quantitative estimate of drug-likeness (QED) is 0.661. The topological polar surface area (TPSA) is 9.23 Å².